The number of rotatable bonds is 5. The summed E-state index contributed by atoms with van der Waals surface area (Å²) in [5.41, 5.74) is 9.77. The highest BCUT2D eigenvalue weighted by Gasteiger charge is 2.20. The Labute approximate surface area is 116 Å². The van der Waals surface area contributed by atoms with E-state index in [-0.39, 0.29) is 0 Å². The van der Waals surface area contributed by atoms with Crippen LogP contribution in [0, 0.1) is 13.8 Å². The average Bonchev–Trinajstić information content (AvgIpc) is 2.42. The first-order valence-electron chi connectivity index (χ1n) is 7.30. The molecule has 1 aliphatic heterocycles. The molecule has 1 aromatic rings. The summed E-state index contributed by atoms with van der Waals surface area (Å²) in [6.07, 6.45) is 2.67. The first kappa shape index (κ1) is 14.5. The van der Waals surface area contributed by atoms with Crippen LogP contribution in [0.15, 0.2) is 18.2 Å². The average molecular weight is 262 g/mol. The molecule has 106 valence electrons. The monoisotopic (exact) mass is 262 g/mol. The highest BCUT2D eigenvalue weighted by molar-refractivity contribution is 5.33. The Morgan fingerprint density at radius 2 is 1.84 bits per heavy atom. The second-order valence-electron chi connectivity index (χ2n) is 5.51. The van der Waals surface area contributed by atoms with E-state index in [2.05, 4.69) is 36.9 Å². The van der Waals surface area contributed by atoms with Gasteiger partial charge in [-0.1, -0.05) is 18.2 Å². The molecule has 1 fully saturated rings. The summed E-state index contributed by atoms with van der Waals surface area (Å²) in [5.74, 6) is 0. The second-order valence-corrected chi connectivity index (χ2v) is 5.51. The van der Waals surface area contributed by atoms with E-state index in [1.807, 2.05) is 0 Å². The molecule has 2 N–H and O–H groups in total. The lowest BCUT2D eigenvalue weighted by molar-refractivity contribution is 0.00972. The highest BCUT2D eigenvalue weighted by atomic mass is 16.5. The normalized spacial score (nSPS) is 17.8. The third-order valence-electron chi connectivity index (χ3n) is 4.03. The molecule has 0 amide bonds. The molecule has 2 rings (SSSR count). The van der Waals surface area contributed by atoms with Crippen LogP contribution in [0.1, 0.15) is 29.5 Å². The van der Waals surface area contributed by atoms with Gasteiger partial charge in [-0.2, -0.15) is 0 Å². The van der Waals surface area contributed by atoms with Gasteiger partial charge in [0.25, 0.3) is 0 Å². The minimum Gasteiger partial charge on any atom is -0.377 e. The third-order valence-corrected chi connectivity index (χ3v) is 4.03. The van der Waals surface area contributed by atoms with Crippen molar-refractivity contribution in [2.75, 3.05) is 26.2 Å². The largest absolute Gasteiger partial charge is 0.377 e. The molecule has 0 aromatic heterocycles. The summed E-state index contributed by atoms with van der Waals surface area (Å²) in [4.78, 5) is 2.54. The van der Waals surface area contributed by atoms with E-state index in [0.29, 0.717) is 19.3 Å². The molecule has 0 bridgehead atoms. The topological polar surface area (TPSA) is 38.5 Å². The van der Waals surface area contributed by atoms with Gasteiger partial charge in [-0.05, 0) is 43.4 Å². The molecule has 1 heterocycles. The van der Waals surface area contributed by atoms with E-state index < -0.39 is 0 Å². The van der Waals surface area contributed by atoms with Gasteiger partial charge < -0.3 is 10.5 Å². The molecule has 1 saturated heterocycles. The van der Waals surface area contributed by atoms with E-state index in [9.17, 15) is 0 Å². The number of ether oxygens (including phenoxy) is 1. The molecule has 0 spiro atoms. The summed E-state index contributed by atoms with van der Waals surface area (Å²) in [5, 5.41) is 0. The van der Waals surface area contributed by atoms with Gasteiger partial charge in [-0.25, -0.2) is 0 Å². The number of nitrogens with two attached hydrogens (primary N) is 1. The Morgan fingerprint density at radius 3 is 2.42 bits per heavy atom. The smallest absolute Gasteiger partial charge is 0.0600 e. The number of hydrogen-bond donors (Lipinski definition) is 1. The third kappa shape index (κ3) is 4.03. The minimum absolute atomic E-state index is 0.415. The van der Waals surface area contributed by atoms with Gasteiger partial charge in [0, 0.05) is 26.2 Å². The zero-order valence-corrected chi connectivity index (χ0v) is 12.2. The number of piperidine rings is 1. The number of hydrogen-bond acceptors (Lipinski definition) is 3. The zero-order valence-electron chi connectivity index (χ0n) is 12.2. The van der Waals surface area contributed by atoms with Gasteiger partial charge in [0.2, 0.25) is 0 Å². The summed E-state index contributed by atoms with van der Waals surface area (Å²) >= 11 is 0. The van der Waals surface area contributed by atoms with Gasteiger partial charge >= 0.3 is 0 Å². The molecule has 3 nitrogen and oxygen atoms in total. The quantitative estimate of drug-likeness (QED) is 0.884. The standard InChI is InChI=1S/C16H26N2O/c1-13-4-3-5-14(2)16(13)12-18-9-6-15(7-10-18)19-11-8-17/h3-5,15H,6-12,17H2,1-2H3. The molecular weight excluding hydrogens is 236 g/mol. The minimum atomic E-state index is 0.415. The highest BCUT2D eigenvalue weighted by Crippen LogP contribution is 2.20. The predicted octanol–water partition coefficient (Wildman–Crippen LogP) is 2.24. The molecular formula is C16H26N2O. The van der Waals surface area contributed by atoms with Crippen molar-refractivity contribution < 1.29 is 4.74 Å². The van der Waals surface area contributed by atoms with Crippen molar-refractivity contribution in [2.45, 2.75) is 39.3 Å². The molecule has 0 radical (unpaired) electrons. The van der Waals surface area contributed by atoms with Crippen molar-refractivity contribution in [2.24, 2.45) is 5.73 Å². The fourth-order valence-electron chi connectivity index (χ4n) is 2.79. The first-order chi connectivity index (χ1) is 9.20. The van der Waals surface area contributed by atoms with E-state index in [0.717, 1.165) is 32.5 Å². The fraction of sp³-hybridized carbons (Fsp3) is 0.625. The SMILES string of the molecule is Cc1cccc(C)c1CN1CCC(OCCN)CC1. The van der Waals surface area contributed by atoms with Crippen LogP contribution < -0.4 is 5.73 Å². The maximum Gasteiger partial charge on any atom is 0.0600 e. The van der Waals surface area contributed by atoms with Crippen LogP contribution in [-0.4, -0.2) is 37.2 Å². The van der Waals surface area contributed by atoms with Crippen molar-refractivity contribution >= 4 is 0 Å². The molecule has 19 heavy (non-hydrogen) atoms. The van der Waals surface area contributed by atoms with Gasteiger partial charge in [0.15, 0.2) is 0 Å². The Balaban J connectivity index is 1.85. The summed E-state index contributed by atoms with van der Waals surface area (Å²) < 4.78 is 5.73. The van der Waals surface area contributed by atoms with Gasteiger partial charge in [0.1, 0.15) is 0 Å². The van der Waals surface area contributed by atoms with Crippen LogP contribution in [0.25, 0.3) is 0 Å². The maximum atomic E-state index is 5.73. The van der Waals surface area contributed by atoms with E-state index in [1.165, 1.54) is 16.7 Å². The molecule has 1 aliphatic rings. The second kappa shape index (κ2) is 7.04. The fourth-order valence-corrected chi connectivity index (χ4v) is 2.79. The van der Waals surface area contributed by atoms with Crippen LogP contribution in [0.5, 0.6) is 0 Å². The molecule has 0 atom stereocenters. The van der Waals surface area contributed by atoms with Crippen LogP contribution >= 0.6 is 0 Å². The Kier molecular flexibility index (Phi) is 5.37. The lowest BCUT2D eigenvalue weighted by Crippen LogP contribution is -2.37. The van der Waals surface area contributed by atoms with Crippen molar-refractivity contribution in [3.8, 4) is 0 Å². The lowest BCUT2D eigenvalue weighted by atomic mass is 10.0. The van der Waals surface area contributed by atoms with Crippen LogP contribution in [0.4, 0.5) is 0 Å². The lowest BCUT2D eigenvalue weighted by Gasteiger charge is -2.32. The molecule has 0 aliphatic carbocycles. The molecule has 0 unspecified atom stereocenters. The Morgan fingerprint density at radius 1 is 1.21 bits per heavy atom. The Bertz CT molecular complexity index is 377. The van der Waals surface area contributed by atoms with Gasteiger partial charge in [-0.3, -0.25) is 4.90 Å². The predicted molar refractivity (Wildman–Crippen MR) is 79.2 cm³/mol. The first-order valence-corrected chi connectivity index (χ1v) is 7.30. The zero-order chi connectivity index (χ0) is 13.7. The van der Waals surface area contributed by atoms with Crippen LogP contribution in [-0.2, 0) is 11.3 Å². The Hall–Kier alpha value is -0.900. The van der Waals surface area contributed by atoms with E-state index in [4.69, 9.17) is 10.5 Å². The van der Waals surface area contributed by atoms with Gasteiger partial charge in [0.05, 0.1) is 12.7 Å². The number of likely N-dealkylation sites (tertiary alicyclic amines) is 1. The maximum absolute atomic E-state index is 5.73. The van der Waals surface area contributed by atoms with Gasteiger partial charge in [-0.15, -0.1) is 0 Å². The van der Waals surface area contributed by atoms with Crippen LogP contribution in [0.2, 0.25) is 0 Å². The van der Waals surface area contributed by atoms with E-state index >= 15 is 0 Å². The summed E-state index contributed by atoms with van der Waals surface area (Å²) in [6, 6.07) is 6.56. The van der Waals surface area contributed by atoms with Crippen molar-refractivity contribution in [3.05, 3.63) is 34.9 Å². The molecule has 0 saturated carbocycles. The summed E-state index contributed by atoms with van der Waals surface area (Å²) in [7, 11) is 0. The van der Waals surface area contributed by atoms with Crippen molar-refractivity contribution in [3.63, 3.8) is 0 Å². The number of aryl methyl sites for hydroxylation is 2. The summed E-state index contributed by atoms with van der Waals surface area (Å²) in [6.45, 7) is 9.07. The van der Waals surface area contributed by atoms with Crippen molar-refractivity contribution in [1.29, 1.82) is 0 Å². The van der Waals surface area contributed by atoms with Crippen LogP contribution in [0.3, 0.4) is 0 Å². The number of nitrogens with zero attached hydrogens (tertiary/aromatic N) is 1. The molecule has 3 heteroatoms. The van der Waals surface area contributed by atoms with E-state index in [1.54, 1.807) is 0 Å². The number of benzene rings is 1. The van der Waals surface area contributed by atoms with Crippen molar-refractivity contribution in [1.82, 2.24) is 4.90 Å². The molecule has 1 aromatic carbocycles.